The normalized spacial score (nSPS) is 16.0. The summed E-state index contributed by atoms with van der Waals surface area (Å²) in [5.41, 5.74) is 2.11. The minimum atomic E-state index is -0.451. The van der Waals surface area contributed by atoms with Crippen LogP contribution in [0.1, 0.15) is 61.3 Å². The molecular weight excluding hydrogens is 338 g/mol. The third kappa shape index (κ3) is 2.40. The van der Waals surface area contributed by atoms with Crippen molar-refractivity contribution in [2.75, 3.05) is 11.5 Å². The fourth-order valence-electron chi connectivity index (χ4n) is 3.50. The number of aryl methyl sites for hydroxylation is 1. The lowest BCUT2D eigenvalue weighted by molar-refractivity contribution is 0.0526. The minimum Gasteiger partial charge on any atom is -0.462 e. The van der Waals surface area contributed by atoms with Crippen LogP contribution in [0.25, 0.3) is 0 Å². The monoisotopic (exact) mass is 355 g/mol. The SMILES string of the molecule is CCOC(=O)c1c(N2C(=O)c3ccccc3C2=O)sc2c1CCCC2. The van der Waals surface area contributed by atoms with Gasteiger partial charge in [-0.1, -0.05) is 12.1 Å². The van der Waals surface area contributed by atoms with Crippen LogP contribution in [-0.4, -0.2) is 24.4 Å². The Bertz CT molecular complexity index is 864. The molecule has 1 aliphatic heterocycles. The van der Waals surface area contributed by atoms with Crippen molar-refractivity contribution >= 4 is 34.1 Å². The molecule has 0 saturated heterocycles. The summed E-state index contributed by atoms with van der Waals surface area (Å²) in [5.74, 6) is -1.19. The number of carbonyl (C=O) groups is 3. The molecule has 2 aliphatic rings. The van der Waals surface area contributed by atoms with Crippen LogP contribution in [0.3, 0.4) is 0 Å². The first-order chi connectivity index (χ1) is 12.1. The van der Waals surface area contributed by atoms with Gasteiger partial charge in [0.25, 0.3) is 11.8 Å². The third-order valence-electron chi connectivity index (χ3n) is 4.63. The number of fused-ring (bicyclic) bond motifs is 2. The highest BCUT2D eigenvalue weighted by Gasteiger charge is 2.41. The third-order valence-corrected chi connectivity index (χ3v) is 5.91. The van der Waals surface area contributed by atoms with Crippen molar-refractivity contribution in [3.05, 3.63) is 51.4 Å². The zero-order valence-corrected chi connectivity index (χ0v) is 14.6. The van der Waals surface area contributed by atoms with E-state index in [1.165, 1.54) is 11.3 Å². The zero-order chi connectivity index (χ0) is 17.6. The maximum Gasteiger partial charge on any atom is 0.341 e. The lowest BCUT2D eigenvalue weighted by Gasteiger charge is -2.15. The molecule has 0 N–H and O–H groups in total. The molecule has 0 unspecified atom stereocenters. The Morgan fingerprint density at radius 3 is 2.40 bits per heavy atom. The number of hydrogen-bond acceptors (Lipinski definition) is 5. The summed E-state index contributed by atoms with van der Waals surface area (Å²) in [5, 5.41) is 0.413. The van der Waals surface area contributed by atoms with Crippen LogP contribution < -0.4 is 4.90 Å². The highest BCUT2D eigenvalue weighted by Crippen LogP contribution is 2.43. The van der Waals surface area contributed by atoms with Crippen LogP contribution in [0.5, 0.6) is 0 Å². The largest absolute Gasteiger partial charge is 0.462 e. The number of rotatable bonds is 3. The molecule has 0 saturated carbocycles. The van der Waals surface area contributed by atoms with Gasteiger partial charge in [-0.15, -0.1) is 11.3 Å². The summed E-state index contributed by atoms with van der Waals surface area (Å²) in [4.78, 5) is 40.4. The number of esters is 1. The van der Waals surface area contributed by atoms with Gasteiger partial charge in [0.15, 0.2) is 0 Å². The van der Waals surface area contributed by atoms with Crippen LogP contribution in [0, 0.1) is 0 Å². The van der Waals surface area contributed by atoms with Gasteiger partial charge in [0.05, 0.1) is 23.3 Å². The van der Waals surface area contributed by atoms with E-state index < -0.39 is 5.97 Å². The topological polar surface area (TPSA) is 63.7 Å². The van der Waals surface area contributed by atoms with Gasteiger partial charge in [-0.25, -0.2) is 9.69 Å². The quantitative estimate of drug-likeness (QED) is 0.623. The molecular formula is C19H17NO4S. The van der Waals surface area contributed by atoms with Gasteiger partial charge in [-0.05, 0) is 50.3 Å². The van der Waals surface area contributed by atoms with Crippen molar-refractivity contribution in [1.82, 2.24) is 0 Å². The average molecular weight is 355 g/mol. The molecule has 4 rings (SSSR count). The Hall–Kier alpha value is -2.47. The number of imide groups is 1. The first kappa shape index (κ1) is 16.0. The van der Waals surface area contributed by atoms with Gasteiger partial charge in [-0.3, -0.25) is 9.59 Å². The molecule has 2 aromatic rings. The number of amides is 2. The van der Waals surface area contributed by atoms with Crippen molar-refractivity contribution in [2.24, 2.45) is 0 Å². The van der Waals surface area contributed by atoms with E-state index in [-0.39, 0.29) is 18.4 Å². The molecule has 6 heteroatoms. The minimum absolute atomic E-state index is 0.255. The van der Waals surface area contributed by atoms with Gasteiger partial charge in [0, 0.05) is 4.88 Å². The Balaban J connectivity index is 1.86. The zero-order valence-electron chi connectivity index (χ0n) is 13.8. The second kappa shape index (κ2) is 6.11. The van der Waals surface area contributed by atoms with E-state index in [9.17, 15) is 14.4 Å². The Labute approximate surface area is 149 Å². The van der Waals surface area contributed by atoms with E-state index in [0.717, 1.165) is 41.0 Å². The first-order valence-corrected chi connectivity index (χ1v) is 9.24. The maximum absolute atomic E-state index is 12.8. The highest BCUT2D eigenvalue weighted by atomic mass is 32.1. The van der Waals surface area contributed by atoms with Gasteiger partial charge in [0.2, 0.25) is 0 Å². The van der Waals surface area contributed by atoms with Gasteiger partial charge >= 0.3 is 5.97 Å². The smallest absolute Gasteiger partial charge is 0.341 e. The number of anilines is 1. The van der Waals surface area contributed by atoms with Gasteiger partial charge in [-0.2, -0.15) is 0 Å². The van der Waals surface area contributed by atoms with Crippen molar-refractivity contribution < 1.29 is 19.1 Å². The Morgan fingerprint density at radius 1 is 1.12 bits per heavy atom. The van der Waals surface area contributed by atoms with Crippen LogP contribution in [-0.2, 0) is 17.6 Å². The van der Waals surface area contributed by atoms with Crippen molar-refractivity contribution in [3.8, 4) is 0 Å². The standard InChI is InChI=1S/C19H17NO4S/c1-2-24-19(23)15-13-9-5-6-10-14(13)25-18(15)20-16(21)11-7-3-4-8-12(11)17(20)22/h3-4,7-8H,2,5-6,9-10H2,1H3. The highest BCUT2D eigenvalue weighted by molar-refractivity contribution is 7.17. The lowest BCUT2D eigenvalue weighted by atomic mass is 9.95. The van der Waals surface area contributed by atoms with Gasteiger partial charge < -0.3 is 4.74 Å². The van der Waals surface area contributed by atoms with Crippen LogP contribution in [0.15, 0.2) is 24.3 Å². The molecule has 1 aromatic carbocycles. The van der Waals surface area contributed by atoms with Crippen molar-refractivity contribution in [3.63, 3.8) is 0 Å². The van der Waals surface area contributed by atoms with Crippen LogP contribution in [0.2, 0.25) is 0 Å². The summed E-state index contributed by atoms with van der Waals surface area (Å²) in [6.45, 7) is 2.00. The average Bonchev–Trinajstić information content (AvgIpc) is 3.11. The summed E-state index contributed by atoms with van der Waals surface area (Å²) in [6.07, 6.45) is 3.70. The molecule has 0 fully saturated rings. The second-order valence-corrected chi connectivity index (χ2v) is 7.19. The van der Waals surface area contributed by atoms with Crippen molar-refractivity contribution in [1.29, 1.82) is 0 Å². The van der Waals surface area contributed by atoms with E-state index in [1.807, 2.05) is 0 Å². The summed E-state index contributed by atoms with van der Waals surface area (Å²) in [6, 6.07) is 6.76. The second-order valence-electron chi connectivity index (χ2n) is 6.10. The van der Waals surface area contributed by atoms with E-state index in [0.29, 0.717) is 21.7 Å². The molecule has 5 nitrogen and oxygen atoms in total. The van der Waals surface area contributed by atoms with E-state index in [1.54, 1.807) is 31.2 Å². The lowest BCUT2D eigenvalue weighted by Crippen LogP contribution is -2.30. The van der Waals surface area contributed by atoms with Crippen molar-refractivity contribution in [2.45, 2.75) is 32.6 Å². The molecule has 2 amide bonds. The van der Waals surface area contributed by atoms with Gasteiger partial charge in [0.1, 0.15) is 5.00 Å². The molecule has 0 bridgehead atoms. The molecule has 128 valence electrons. The van der Waals surface area contributed by atoms with Crippen LogP contribution in [0.4, 0.5) is 5.00 Å². The Kier molecular flexibility index (Phi) is 3.92. The fraction of sp³-hybridized carbons (Fsp3) is 0.316. The summed E-state index contributed by atoms with van der Waals surface area (Å²) in [7, 11) is 0. The molecule has 2 heterocycles. The number of ether oxygens (including phenoxy) is 1. The van der Waals surface area contributed by atoms with E-state index in [2.05, 4.69) is 0 Å². The number of thiophene rings is 1. The molecule has 0 spiro atoms. The number of benzene rings is 1. The molecule has 25 heavy (non-hydrogen) atoms. The summed E-state index contributed by atoms with van der Waals surface area (Å²) >= 11 is 1.37. The molecule has 0 atom stereocenters. The molecule has 1 aliphatic carbocycles. The summed E-state index contributed by atoms with van der Waals surface area (Å²) < 4.78 is 5.22. The predicted molar refractivity (Wildman–Crippen MR) is 94.5 cm³/mol. The van der Waals surface area contributed by atoms with E-state index >= 15 is 0 Å². The number of hydrogen-bond donors (Lipinski definition) is 0. The number of nitrogens with zero attached hydrogens (tertiary/aromatic N) is 1. The fourth-order valence-corrected chi connectivity index (χ4v) is 4.87. The van der Waals surface area contributed by atoms with E-state index in [4.69, 9.17) is 4.74 Å². The van der Waals surface area contributed by atoms with Crippen LogP contribution >= 0.6 is 11.3 Å². The molecule has 0 radical (unpaired) electrons. The Morgan fingerprint density at radius 2 is 1.76 bits per heavy atom. The first-order valence-electron chi connectivity index (χ1n) is 8.43. The maximum atomic E-state index is 12.8. The molecule has 1 aromatic heterocycles. The number of carbonyl (C=O) groups excluding carboxylic acids is 3. The predicted octanol–water partition coefficient (Wildman–Crippen LogP) is 3.60.